The average Bonchev–Trinajstić information content (AvgIpc) is 2.46. The lowest BCUT2D eigenvalue weighted by Crippen LogP contribution is -2.43. The van der Waals surface area contributed by atoms with Crippen LogP contribution in [-0.2, 0) is 28.5 Å². The Balaban J connectivity index is 2.69. The van der Waals surface area contributed by atoms with Gasteiger partial charge in [0.25, 0.3) is 0 Å². The van der Waals surface area contributed by atoms with Gasteiger partial charge in [-0.05, 0) is 13.8 Å². The highest BCUT2D eigenvalue weighted by atomic mass is 16.7. The van der Waals surface area contributed by atoms with Crippen molar-refractivity contribution < 1.29 is 28.5 Å². The van der Waals surface area contributed by atoms with E-state index in [-0.39, 0.29) is 50.0 Å². The van der Waals surface area contributed by atoms with Crippen molar-refractivity contribution in [3.8, 4) is 0 Å². The van der Waals surface area contributed by atoms with Crippen LogP contribution in [0.5, 0.6) is 0 Å². The molecule has 128 valence electrons. The van der Waals surface area contributed by atoms with Crippen LogP contribution < -0.4 is 10.6 Å². The lowest BCUT2D eigenvalue weighted by molar-refractivity contribution is -0.159. The number of methoxy groups -OCH3 is 2. The molecular weight excluding hydrogens is 292 g/mol. The summed E-state index contributed by atoms with van der Waals surface area (Å²) in [6.45, 7) is 4.10. The maximum absolute atomic E-state index is 11.9. The number of rotatable bonds is 2. The quantitative estimate of drug-likeness (QED) is 0.730. The molecule has 8 nitrogen and oxygen atoms in total. The Kier molecular flexibility index (Phi) is 8.32. The lowest BCUT2D eigenvalue weighted by atomic mass is 10.3. The molecule has 1 fully saturated rings. The highest BCUT2D eigenvalue weighted by molar-refractivity contribution is 5.77. The van der Waals surface area contributed by atoms with Crippen molar-refractivity contribution in [2.75, 3.05) is 27.4 Å². The Morgan fingerprint density at radius 3 is 1.55 bits per heavy atom. The second kappa shape index (κ2) is 9.73. The minimum absolute atomic E-state index is 0.0786. The van der Waals surface area contributed by atoms with Gasteiger partial charge < -0.3 is 29.6 Å². The molecule has 0 spiro atoms. The molecule has 0 aromatic carbocycles. The molecule has 22 heavy (non-hydrogen) atoms. The van der Waals surface area contributed by atoms with Crippen LogP contribution in [0.3, 0.4) is 0 Å². The van der Waals surface area contributed by atoms with Crippen molar-refractivity contribution in [1.82, 2.24) is 10.6 Å². The zero-order chi connectivity index (χ0) is 16.5. The number of ether oxygens (including phenoxy) is 4. The number of carbonyl (C=O) groups excluding carboxylic acids is 2. The van der Waals surface area contributed by atoms with Gasteiger partial charge in [-0.15, -0.1) is 0 Å². The van der Waals surface area contributed by atoms with E-state index in [1.807, 2.05) is 0 Å². The summed E-state index contributed by atoms with van der Waals surface area (Å²) in [7, 11) is 2.94. The Bertz CT molecular complexity index is 331. The Morgan fingerprint density at radius 2 is 1.23 bits per heavy atom. The Morgan fingerprint density at radius 1 is 0.864 bits per heavy atom. The van der Waals surface area contributed by atoms with Crippen LogP contribution in [0.2, 0.25) is 0 Å². The van der Waals surface area contributed by atoms with Crippen LogP contribution in [0, 0.1) is 0 Å². The second-order valence-electron chi connectivity index (χ2n) is 5.34. The third-order valence-electron chi connectivity index (χ3n) is 3.11. The van der Waals surface area contributed by atoms with Gasteiger partial charge in [-0.2, -0.15) is 0 Å². The first-order valence-corrected chi connectivity index (χ1v) is 7.32. The zero-order valence-corrected chi connectivity index (χ0v) is 13.6. The normalized spacial score (nSPS) is 32.7. The minimum Gasteiger partial charge on any atom is -0.355 e. The third-order valence-corrected chi connectivity index (χ3v) is 3.11. The molecule has 0 aromatic heterocycles. The molecule has 8 heteroatoms. The summed E-state index contributed by atoms with van der Waals surface area (Å²) in [4.78, 5) is 23.8. The number of amides is 2. The molecule has 2 N–H and O–H groups in total. The first kappa shape index (κ1) is 18.8. The smallest absolute Gasteiger partial charge is 0.225 e. The molecule has 0 bridgehead atoms. The summed E-state index contributed by atoms with van der Waals surface area (Å²) in [6.07, 6.45) is -1.14. The molecule has 0 aliphatic carbocycles. The van der Waals surface area contributed by atoms with Crippen molar-refractivity contribution in [2.45, 2.75) is 51.4 Å². The second-order valence-corrected chi connectivity index (χ2v) is 5.34. The van der Waals surface area contributed by atoms with Crippen molar-refractivity contribution in [1.29, 1.82) is 0 Å². The number of nitrogens with one attached hydrogen (secondary N) is 2. The molecule has 1 saturated heterocycles. The molecule has 0 radical (unpaired) electrons. The molecule has 1 rings (SSSR count). The first-order chi connectivity index (χ1) is 10.4. The zero-order valence-electron chi connectivity index (χ0n) is 13.6. The maximum atomic E-state index is 11.9. The predicted molar refractivity (Wildman–Crippen MR) is 77.9 cm³/mol. The Labute approximate surface area is 130 Å². The van der Waals surface area contributed by atoms with E-state index in [1.165, 1.54) is 14.2 Å². The fraction of sp³-hybridized carbons (Fsp3) is 0.857. The van der Waals surface area contributed by atoms with E-state index >= 15 is 0 Å². The van der Waals surface area contributed by atoms with Gasteiger partial charge in [0.2, 0.25) is 11.8 Å². The van der Waals surface area contributed by atoms with E-state index in [4.69, 9.17) is 18.9 Å². The first-order valence-electron chi connectivity index (χ1n) is 7.32. The lowest BCUT2D eigenvalue weighted by Gasteiger charge is -2.24. The maximum Gasteiger partial charge on any atom is 0.225 e. The van der Waals surface area contributed by atoms with E-state index in [2.05, 4.69) is 10.6 Å². The predicted octanol–water partition coefficient (Wildman–Crippen LogP) is -0.232. The van der Waals surface area contributed by atoms with Gasteiger partial charge in [0, 0.05) is 26.3 Å². The van der Waals surface area contributed by atoms with Gasteiger partial charge in [-0.1, -0.05) is 0 Å². The van der Waals surface area contributed by atoms with Crippen LogP contribution in [0.4, 0.5) is 0 Å². The monoisotopic (exact) mass is 318 g/mol. The summed E-state index contributed by atoms with van der Waals surface area (Å²) >= 11 is 0. The highest BCUT2D eigenvalue weighted by Gasteiger charge is 2.21. The van der Waals surface area contributed by atoms with Crippen molar-refractivity contribution in [3.63, 3.8) is 0 Å². The topological polar surface area (TPSA) is 95.1 Å². The SMILES string of the molecule is CO[C@H]1CC(=O)N[C@@H](C)CO[C@@H](OC)CC(=O)N[C@@H](C)CO1. The van der Waals surface area contributed by atoms with Gasteiger partial charge in [-0.3, -0.25) is 9.59 Å². The minimum atomic E-state index is -0.651. The average molecular weight is 318 g/mol. The van der Waals surface area contributed by atoms with E-state index in [1.54, 1.807) is 13.8 Å². The van der Waals surface area contributed by atoms with Gasteiger partial charge in [0.1, 0.15) is 0 Å². The van der Waals surface area contributed by atoms with Gasteiger partial charge in [0.15, 0.2) is 12.6 Å². The van der Waals surface area contributed by atoms with Gasteiger partial charge in [-0.25, -0.2) is 0 Å². The summed E-state index contributed by atoms with van der Waals surface area (Å²) in [5.41, 5.74) is 0. The van der Waals surface area contributed by atoms with Crippen LogP contribution in [0.25, 0.3) is 0 Å². The summed E-state index contributed by atoms with van der Waals surface area (Å²) in [5, 5.41) is 5.57. The highest BCUT2D eigenvalue weighted by Crippen LogP contribution is 2.05. The van der Waals surface area contributed by atoms with Crippen LogP contribution in [0.15, 0.2) is 0 Å². The molecule has 1 aliphatic heterocycles. The van der Waals surface area contributed by atoms with E-state index in [0.717, 1.165) is 0 Å². The molecule has 0 saturated carbocycles. The molecular formula is C14H26N2O6. The summed E-state index contributed by atoms with van der Waals surface area (Å²) < 4.78 is 21.2. The van der Waals surface area contributed by atoms with Crippen LogP contribution in [-0.4, -0.2) is 63.9 Å². The van der Waals surface area contributed by atoms with Gasteiger partial charge >= 0.3 is 0 Å². The van der Waals surface area contributed by atoms with E-state index in [9.17, 15) is 9.59 Å². The molecule has 2 amide bonds. The largest absolute Gasteiger partial charge is 0.355 e. The van der Waals surface area contributed by atoms with Crippen LogP contribution in [0.1, 0.15) is 26.7 Å². The molecule has 0 unspecified atom stereocenters. The number of hydrogen-bond acceptors (Lipinski definition) is 6. The van der Waals surface area contributed by atoms with Crippen molar-refractivity contribution >= 4 is 11.8 Å². The fourth-order valence-corrected chi connectivity index (χ4v) is 1.98. The molecule has 0 aromatic rings. The molecule has 1 heterocycles. The van der Waals surface area contributed by atoms with Crippen LogP contribution >= 0.6 is 0 Å². The standard InChI is InChI=1S/C14H26N2O6/c1-9-7-21-13(19-3)6-12(18)16-10(2)8-22-14(20-4)5-11(17)15-9/h9-10,13-14H,5-8H2,1-4H3,(H,15,17)(H,16,18)/t9-,10-,13+,14+/m0/s1. The number of hydrogen-bond donors (Lipinski definition) is 2. The van der Waals surface area contributed by atoms with Crippen molar-refractivity contribution in [3.05, 3.63) is 0 Å². The number of carbonyl (C=O) groups is 2. The summed E-state index contributed by atoms with van der Waals surface area (Å²) in [6, 6.07) is -0.430. The fourth-order valence-electron chi connectivity index (χ4n) is 1.98. The van der Waals surface area contributed by atoms with Crippen molar-refractivity contribution in [2.24, 2.45) is 0 Å². The van der Waals surface area contributed by atoms with Gasteiger partial charge in [0.05, 0.1) is 26.1 Å². The van der Waals surface area contributed by atoms with E-state index < -0.39 is 12.6 Å². The molecule has 1 aliphatic rings. The summed E-state index contributed by atoms with van der Waals surface area (Å²) in [5.74, 6) is -0.378. The van der Waals surface area contributed by atoms with E-state index in [0.29, 0.717) is 0 Å². The molecule has 4 atom stereocenters. The third kappa shape index (κ3) is 7.17. The Hall–Kier alpha value is -1.22.